The maximum atomic E-state index is 13.2. The zero-order chi connectivity index (χ0) is 21.3. The molecule has 3 rings (SSSR count). The molecule has 1 aliphatic heterocycles. The molecule has 3 N–H and O–H groups in total. The second kappa shape index (κ2) is 10.8. The number of thiocarbonyl (C=S) groups is 1. The number of carbonyl (C=O) groups is 1. The standard InChI is InChI=1S/C24H29N3O2S/c1-3-4-5-11-16-29-20-15-10-9-14-19(20)22-21(17(2)25-24(30)27-22)23(28)26-18-12-7-6-8-13-18/h6-10,12-15,22H,3-5,11,16H2,1-2H3,(H,26,28)(H2,25,27,30). The van der Waals surface area contributed by atoms with Gasteiger partial charge in [0.05, 0.1) is 18.2 Å². The molecule has 6 heteroatoms. The van der Waals surface area contributed by atoms with Crippen molar-refractivity contribution in [3.05, 3.63) is 71.4 Å². The first-order chi connectivity index (χ1) is 14.6. The van der Waals surface area contributed by atoms with E-state index >= 15 is 0 Å². The highest BCUT2D eigenvalue weighted by atomic mass is 32.1. The number of benzene rings is 2. The van der Waals surface area contributed by atoms with Gasteiger partial charge < -0.3 is 20.7 Å². The monoisotopic (exact) mass is 423 g/mol. The lowest BCUT2D eigenvalue weighted by Gasteiger charge is -2.31. The Morgan fingerprint density at radius 1 is 1.07 bits per heavy atom. The molecule has 1 aliphatic rings. The second-order valence-corrected chi connectivity index (χ2v) is 7.75. The van der Waals surface area contributed by atoms with Crippen molar-refractivity contribution in [1.82, 2.24) is 10.6 Å². The molecule has 30 heavy (non-hydrogen) atoms. The highest BCUT2D eigenvalue weighted by Gasteiger charge is 2.31. The fourth-order valence-corrected chi connectivity index (χ4v) is 3.78. The number of carbonyl (C=O) groups excluding carboxylic acids is 1. The topological polar surface area (TPSA) is 62.4 Å². The average molecular weight is 424 g/mol. The highest BCUT2D eigenvalue weighted by molar-refractivity contribution is 7.80. The van der Waals surface area contributed by atoms with Crippen molar-refractivity contribution in [2.24, 2.45) is 0 Å². The highest BCUT2D eigenvalue weighted by Crippen LogP contribution is 2.33. The summed E-state index contributed by atoms with van der Waals surface area (Å²) in [5.74, 6) is 0.595. The van der Waals surface area contributed by atoms with E-state index in [2.05, 4.69) is 22.9 Å². The molecule has 5 nitrogen and oxygen atoms in total. The van der Waals surface area contributed by atoms with Gasteiger partial charge in [-0.3, -0.25) is 4.79 Å². The molecule has 0 spiro atoms. The molecule has 1 heterocycles. The zero-order valence-electron chi connectivity index (χ0n) is 17.5. The molecule has 1 amide bonds. The zero-order valence-corrected chi connectivity index (χ0v) is 18.4. The molecule has 0 fully saturated rings. The molecule has 2 aromatic rings. The molecule has 0 aromatic heterocycles. The van der Waals surface area contributed by atoms with Gasteiger partial charge in [-0.05, 0) is 43.8 Å². The Labute approximate surface area is 183 Å². The van der Waals surface area contributed by atoms with E-state index in [1.807, 2.05) is 61.5 Å². The SMILES string of the molecule is CCCCCCOc1ccccc1C1NC(=S)NC(C)=C1C(=O)Nc1ccccc1. The summed E-state index contributed by atoms with van der Waals surface area (Å²) >= 11 is 5.38. The van der Waals surface area contributed by atoms with E-state index in [9.17, 15) is 4.79 Å². The van der Waals surface area contributed by atoms with Crippen LogP contribution in [0.3, 0.4) is 0 Å². The minimum Gasteiger partial charge on any atom is -0.493 e. The summed E-state index contributed by atoms with van der Waals surface area (Å²) < 4.78 is 6.10. The predicted octanol–water partition coefficient (Wildman–Crippen LogP) is 5.08. The van der Waals surface area contributed by atoms with Crippen LogP contribution < -0.4 is 20.7 Å². The number of nitrogens with one attached hydrogen (secondary N) is 3. The van der Waals surface area contributed by atoms with Crippen LogP contribution in [0, 0.1) is 0 Å². The normalized spacial score (nSPS) is 15.9. The number of hydrogen-bond acceptors (Lipinski definition) is 3. The molecule has 0 bridgehead atoms. The summed E-state index contributed by atoms with van der Waals surface area (Å²) in [5.41, 5.74) is 2.97. The van der Waals surface area contributed by atoms with Crippen molar-refractivity contribution in [2.75, 3.05) is 11.9 Å². The van der Waals surface area contributed by atoms with Crippen molar-refractivity contribution in [3.8, 4) is 5.75 Å². The van der Waals surface area contributed by atoms with Crippen molar-refractivity contribution in [3.63, 3.8) is 0 Å². The Morgan fingerprint density at radius 3 is 2.57 bits per heavy atom. The van der Waals surface area contributed by atoms with Crippen LogP contribution in [0.5, 0.6) is 5.75 Å². The van der Waals surface area contributed by atoms with Crippen molar-refractivity contribution in [1.29, 1.82) is 0 Å². The van der Waals surface area contributed by atoms with Gasteiger partial charge in [-0.2, -0.15) is 0 Å². The van der Waals surface area contributed by atoms with Crippen molar-refractivity contribution >= 4 is 28.9 Å². The van der Waals surface area contributed by atoms with Crippen LogP contribution in [-0.4, -0.2) is 17.6 Å². The van der Waals surface area contributed by atoms with Gasteiger partial charge in [-0.1, -0.05) is 62.6 Å². The summed E-state index contributed by atoms with van der Waals surface area (Å²) in [5, 5.41) is 9.81. The van der Waals surface area contributed by atoms with Gasteiger partial charge in [0.15, 0.2) is 5.11 Å². The van der Waals surface area contributed by atoms with Gasteiger partial charge in [-0.15, -0.1) is 0 Å². The lowest BCUT2D eigenvalue weighted by Crippen LogP contribution is -2.45. The lowest BCUT2D eigenvalue weighted by molar-refractivity contribution is -0.113. The third-order valence-corrected chi connectivity index (χ3v) is 5.25. The van der Waals surface area contributed by atoms with E-state index < -0.39 is 6.04 Å². The molecule has 0 radical (unpaired) electrons. The second-order valence-electron chi connectivity index (χ2n) is 7.34. The van der Waals surface area contributed by atoms with Gasteiger partial charge in [0.25, 0.3) is 5.91 Å². The molecule has 0 aliphatic carbocycles. The molecule has 0 saturated heterocycles. The smallest absolute Gasteiger partial charge is 0.255 e. The molecule has 0 saturated carbocycles. The van der Waals surface area contributed by atoms with Crippen LogP contribution in [0.25, 0.3) is 0 Å². The molecule has 2 aromatic carbocycles. The number of para-hydroxylation sites is 2. The van der Waals surface area contributed by atoms with Gasteiger partial charge in [-0.25, -0.2) is 0 Å². The van der Waals surface area contributed by atoms with E-state index in [1.54, 1.807) is 0 Å². The minimum absolute atomic E-state index is 0.177. The number of amides is 1. The fourth-order valence-electron chi connectivity index (χ4n) is 3.51. The van der Waals surface area contributed by atoms with Gasteiger partial charge in [0.1, 0.15) is 5.75 Å². The molecular formula is C24H29N3O2S. The number of ether oxygens (including phenoxy) is 1. The summed E-state index contributed by atoms with van der Waals surface area (Å²) in [6.07, 6.45) is 4.56. The summed E-state index contributed by atoms with van der Waals surface area (Å²) in [7, 11) is 0. The molecule has 1 unspecified atom stereocenters. The van der Waals surface area contributed by atoms with Crippen LogP contribution >= 0.6 is 12.2 Å². The number of anilines is 1. The Kier molecular flexibility index (Phi) is 7.85. The van der Waals surface area contributed by atoms with Crippen molar-refractivity contribution < 1.29 is 9.53 Å². The van der Waals surface area contributed by atoms with E-state index in [4.69, 9.17) is 17.0 Å². The predicted molar refractivity (Wildman–Crippen MR) is 125 cm³/mol. The van der Waals surface area contributed by atoms with Gasteiger partial charge in [0.2, 0.25) is 0 Å². The Bertz CT molecular complexity index is 912. The maximum Gasteiger partial charge on any atom is 0.255 e. The molecule has 158 valence electrons. The lowest BCUT2D eigenvalue weighted by atomic mass is 9.94. The summed E-state index contributed by atoms with van der Waals surface area (Å²) in [6.45, 7) is 4.72. The van der Waals surface area contributed by atoms with Gasteiger partial charge in [0, 0.05) is 16.9 Å². The minimum atomic E-state index is -0.394. The Hall–Kier alpha value is -2.86. The largest absolute Gasteiger partial charge is 0.493 e. The average Bonchev–Trinajstić information content (AvgIpc) is 2.74. The quantitative estimate of drug-likeness (QED) is 0.388. The number of unbranched alkanes of at least 4 members (excludes halogenated alkanes) is 3. The first kappa shape index (κ1) is 21.8. The van der Waals surface area contributed by atoms with Crippen LogP contribution in [-0.2, 0) is 4.79 Å². The van der Waals surface area contributed by atoms with Crippen LogP contribution in [0.2, 0.25) is 0 Å². The van der Waals surface area contributed by atoms with Crippen molar-refractivity contribution in [2.45, 2.75) is 45.6 Å². The Morgan fingerprint density at radius 2 is 1.80 bits per heavy atom. The number of hydrogen-bond donors (Lipinski definition) is 3. The molecule has 1 atom stereocenters. The van der Waals surface area contributed by atoms with Crippen LogP contribution in [0.1, 0.15) is 51.1 Å². The van der Waals surface area contributed by atoms with Crippen LogP contribution in [0.4, 0.5) is 5.69 Å². The third kappa shape index (κ3) is 5.60. The summed E-state index contributed by atoms with van der Waals surface area (Å²) in [6, 6.07) is 16.9. The number of rotatable bonds is 9. The third-order valence-electron chi connectivity index (χ3n) is 5.03. The molecular weight excluding hydrogens is 394 g/mol. The van der Waals surface area contributed by atoms with E-state index in [-0.39, 0.29) is 5.91 Å². The van der Waals surface area contributed by atoms with E-state index in [0.717, 1.165) is 35.5 Å². The first-order valence-electron chi connectivity index (χ1n) is 10.5. The number of allylic oxidation sites excluding steroid dienone is 1. The van der Waals surface area contributed by atoms with Crippen LogP contribution in [0.15, 0.2) is 65.9 Å². The first-order valence-corrected chi connectivity index (χ1v) is 10.9. The van der Waals surface area contributed by atoms with E-state index in [0.29, 0.717) is 17.3 Å². The fraction of sp³-hybridized carbons (Fsp3) is 0.333. The Balaban J connectivity index is 1.84. The van der Waals surface area contributed by atoms with Gasteiger partial charge >= 0.3 is 0 Å². The summed E-state index contributed by atoms with van der Waals surface area (Å²) in [4.78, 5) is 13.2. The van der Waals surface area contributed by atoms with E-state index in [1.165, 1.54) is 12.8 Å². The maximum absolute atomic E-state index is 13.2.